The Morgan fingerprint density at radius 3 is 2.60 bits per heavy atom. The molecule has 1 fully saturated rings. The van der Waals surface area contributed by atoms with Crippen molar-refractivity contribution < 1.29 is 29.3 Å². The van der Waals surface area contributed by atoms with Crippen LogP contribution < -0.4 is 9.47 Å². The molecule has 4 rings (SSSR count). The normalized spacial score (nSPS) is 18.4. The Morgan fingerprint density at radius 1 is 1.13 bits per heavy atom. The summed E-state index contributed by atoms with van der Waals surface area (Å²) >= 11 is 0. The van der Waals surface area contributed by atoms with Crippen LogP contribution >= 0.6 is 0 Å². The highest BCUT2D eigenvalue weighted by molar-refractivity contribution is 5.88. The Morgan fingerprint density at radius 2 is 1.97 bits per heavy atom. The average Bonchev–Trinajstić information content (AvgIpc) is 3.18. The van der Waals surface area contributed by atoms with E-state index in [1.807, 2.05) is 12.1 Å². The molecule has 0 spiro atoms. The number of hydrogen-bond acceptors (Lipinski definition) is 6. The van der Waals surface area contributed by atoms with Crippen LogP contribution in [0.25, 0.3) is 22.3 Å². The molecular weight excluding hydrogens is 390 g/mol. The summed E-state index contributed by atoms with van der Waals surface area (Å²) in [4.78, 5) is 32.7. The molecule has 30 heavy (non-hydrogen) atoms. The van der Waals surface area contributed by atoms with Crippen molar-refractivity contribution in [1.82, 2.24) is 14.9 Å². The summed E-state index contributed by atoms with van der Waals surface area (Å²) in [6.07, 6.45) is -0.175. The third-order valence-corrected chi connectivity index (χ3v) is 4.99. The average molecular weight is 409 g/mol. The number of fused-ring (bicyclic) bond motifs is 1. The second-order valence-corrected chi connectivity index (χ2v) is 6.87. The Balaban J connectivity index is 1.74. The molecule has 1 aliphatic heterocycles. The van der Waals surface area contributed by atoms with Crippen molar-refractivity contribution in [3.8, 4) is 22.9 Å². The molecule has 9 heteroatoms. The first kappa shape index (κ1) is 19.4. The van der Waals surface area contributed by atoms with Gasteiger partial charge in [0, 0.05) is 30.1 Å². The SMILES string of the molecule is COc1ccc2c(OC3CC(C(=O)O)N(C(=O)O)C3)cc(-c3ccccn3)nc2c1. The number of likely N-dealkylation sites (tertiary alicyclic amines) is 1. The molecule has 1 amide bonds. The second kappa shape index (κ2) is 7.86. The molecule has 9 nitrogen and oxygen atoms in total. The summed E-state index contributed by atoms with van der Waals surface area (Å²) in [5.74, 6) is -0.0883. The minimum absolute atomic E-state index is 0.0365. The number of ether oxygens (including phenoxy) is 2. The quantitative estimate of drug-likeness (QED) is 0.660. The van der Waals surface area contributed by atoms with Crippen LogP contribution in [0.15, 0.2) is 48.7 Å². The van der Waals surface area contributed by atoms with Crippen LogP contribution in [0.2, 0.25) is 0 Å². The lowest BCUT2D eigenvalue weighted by atomic mass is 10.1. The minimum atomic E-state index is -1.29. The van der Waals surface area contributed by atoms with Crippen LogP contribution in [0.3, 0.4) is 0 Å². The number of carbonyl (C=O) groups is 2. The van der Waals surface area contributed by atoms with Crippen LogP contribution in [-0.4, -0.2) is 62.9 Å². The summed E-state index contributed by atoms with van der Waals surface area (Å²) in [7, 11) is 1.56. The molecule has 2 atom stereocenters. The minimum Gasteiger partial charge on any atom is -0.497 e. The monoisotopic (exact) mass is 409 g/mol. The first-order chi connectivity index (χ1) is 14.5. The van der Waals surface area contributed by atoms with Gasteiger partial charge in [0.15, 0.2) is 0 Å². The van der Waals surface area contributed by atoms with Crippen molar-refractivity contribution in [2.24, 2.45) is 0 Å². The number of aliphatic carboxylic acids is 1. The largest absolute Gasteiger partial charge is 0.497 e. The van der Waals surface area contributed by atoms with E-state index < -0.39 is 24.2 Å². The summed E-state index contributed by atoms with van der Waals surface area (Å²) in [5, 5.41) is 19.4. The number of hydrogen-bond donors (Lipinski definition) is 2. The maximum Gasteiger partial charge on any atom is 0.408 e. The van der Waals surface area contributed by atoms with Gasteiger partial charge in [0.25, 0.3) is 0 Å². The Hall–Kier alpha value is -3.88. The molecule has 0 radical (unpaired) electrons. The van der Waals surface area contributed by atoms with Gasteiger partial charge in [-0.2, -0.15) is 0 Å². The predicted molar refractivity (Wildman–Crippen MR) is 107 cm³/mol. The molecule has 0 saturated carbocycles. The van der Waals surface area contributed by atoms with Gasteiger partial charge < -0.3 is 19.7 Å². The predicted octanol–water partition coefficient (Wildman–Crippen LogP) is 2.89. The first-order valence-electron chi connectivity index (χ1n) is 9.25. The standard InChI is InChI=1S/C21H19N3O6/c1-29-12-5-6-14-16(8-12)23-17(15-4-2-3-7-22-15)10-19(14)30-13-9-18(20(25)26)24(11-13)21(27)28/h2-8,10,13,18H,9,11H2,1H3,(H,25,26)(H,27,28). The second-order valence-electron chi connectivity index (χ2n) is 6.87. The van der Waals surface area contributed by atoms with Gasteiger partial charge in [-0.15, -0.1) is 0 Å². The number of pyridine rings is 2. The number of benzene rings is 1. The number of methoxy groups -OCH3 is 1. The number of amides is 1. The number of nitrogens with zero attached hydrogens (tertiary/aromatic N) is 3. The smallest absolute Gasteiger partial charge is 0.408 e. The molecule has 154 valence electrons. The van der Waals surface area contributed by atoms with Gasteiger partial charge in [-0.05, 0) is 24.3 Å². The Kier molecular flexibility index (Phi) is 5.09. The number of carboxylic acids is 1. The van der Waals surface area contributed by atoms with Crippen molar-refractivity contribution in [3.63, 3.8) is 0 Å². The van der Waals surface area contributed by atoms with Gasteiger partial charge in [0.2, 0.25) is 0 Å². The fourth-order valence-electron chi connectivity index (χ4n) is 3.55. The summed E-state index contributed by atoms with van der Waals surface area (Å²) in [6, 6.07) is 11.4. The van der Waals surface area contributed by atoms with Crippen molar-refractivity contribution in [2.45, 2.75) is 18.6 Å². The van der Waals surface area contributed by atoms with Gasteiger partial charge in [-0.25, -0.2) is 14.6 Å². The van der Waals surface area contributed by atoms with Crippen LogP contribution in [0.4, 0.5) is 4.79 Å². The van der Waals surface area contributed by atoms with Crippen LogP contribution in [0.1, 0.15) is 6.42 Å². The third kappa shape index (κ3) is 3.69. The Bertz CT molecular complexity index is 1080. The Labute approximate surface area is 171 Å². The maximum atomic E-state index is 11.4. The molecule has 3 heterocycles. The maximum absolute atomic E-state index is 11.4. The summed E-state index contributed by atoms with van der Waals surface area (Å²) in [6.45, 7) is -0.0365. The number of aromatic nitrogens is 2. The summed E-state index contributed by atoms with van der Waals surface area (Å²) < 4.78 is 11.4. The molecule has 0 bridgehead atoms. The molecule has 1 saturated heterocycles. The highest BCUT2D eigenvalue weighted by Crippen LogP contribution is 2.34. The van der Waals surface area contributed by atoms with E-state index in [0.29, 0.717) is 33.8 Å². The lowest BCUT2D eigenvalue weighted by molar-refractivity contribution is -0.141. The molecule has 2 aromatic heterocycles. The van der Waals surface area contributed by atoms with E-state index in [1.165, 1.54) is 0 Å². The highest BCUT2D eigenvalue weighted by atomic mass is 16.5. The molecular formula is C21H19N3O6. The van der Waals surface area contributed by atoms with Crippen molar-refractivity contribution >= 4 is 23.0 Å². The van der Waals surface area contributed by atoms with E-state index in [2.05, 4.69) is 9.97 Å². The fourth-order valence-corrected chi connectivity index (χ4v) is 3.55. The highest BCUT2D eigenvalue weighted by Gasteiger charge is 2.41. The van der Waals surface area contributed by atoms with Crippen molar-refractivity contribution in [1.29, 1.82) is 0 Å². The van der Waals surface area contributed by atoms with E-state index in [1.54, 1.807) is 43.6 Å². The van der Waals surface area contributed by atoms with E-state index in [9.17, 15) is 19.8 Å². The first-order valence-corrected chi connectivity index (χ1v) is 9.25. The van der Waals surface area contributed by atoms with E-state index in [4.69, 9.17) is 9.47 Å². The van der Waals surface area contributed by atoms with Crippen LogP contribution in [-0.2, 0) is 4.79 Å². The molecule has 1 aromatic carbocycles. The molecule has 2 N–H and O–H groups in total. The zero-order chi connectivity index (χ0) is 21.3. The zero-order valence-electron chi connectivity index (χ0n) is 16.1. The third-order valence-electron chi connectivity index (χ3n) is 4.99. The number of rotatable bonds is 5. The zero-order valence-corrected chi connectivity index (χ0v) is 16.1. The van der Waals surface area contributed by atoms with Crippen LogP contribution in [0, 0.1) is 0 Å². The van der Waals surface area contributed by atoms with Crippen LogP contribution in [0.5, 0.6) is 11.5 Å². The molecule has 1 aliphatic rings. The topological polar surface area (TPSA) is 122 Å². The fraction of sp³-hybridized carbons (Fsp3) is 0.238. The number of carboxylic acid groups (broad SMARTS) is 2. The van der Waals surface area contributed by atoms with Gasteiger partial charge >= 0.3 is 12.1 Å². The molecule has 3 aromatic rings. The van der Waals surface area contributed by atoms with Gasteiger partial charge in [0.1, 0.15) is 23.6 Å². The lowest BCUT2D eigenvalue weighted by Gasteiger charge is -2.17. The van der Waals surface area contributed by atoms with E-state index in [0.717, 1.165) is 4.90 Å². The van der Waals surface area contributed by atoms with Crippen molar-refractivity contribution in [3.05, 3.63) is 48.7 Å². The van der Waals surface area contributed by atoms with Gasteiger partial charge in [0.05, 0.1) is 30.6 Å². The van der Waals surface area contributed by atoms with Crippen molar-refractivity contribution in [2.75, 3.05) is 13.7 Å². The van der Waals surface area contributed by atoms with E-state index in [-0.39, 0.29) is 13.0 Å². The van der Waals surface area contributed by atoms with Gasteiger partial charge in [-0.3, -0.25) is 9.88 Å². The lowest BCUT2D eigenvalue weighted by Crippen LogP contribution is -2.39. The summed E-state index contributed by atoms with van der Waals surface area (Å²) in [5.41, 5.74) is 1.85. The van der Waals surface area contributed by atoms with E-state index >= 15 is 0 Å². The molecule has 0 aliphatic carbocycles. The molecule has 2 unspecified atom stereocenters. The van der Waals surface area contributed by atoms with Gasteiger partial charge in [-0.1, -0.05) is 6.07 Å².